The summed E-state index contributed by atoms with van der Waals surface area (Å²) in [5.74, 6) is -1.54. The van der Waals surface area contributed by atoms with Crippen molar-refractivity contribution in [3.8, 4) is 0 Å². The van der Waals surface area contributed by atoms with Gasteiger partial charge in [-0.15, -0.1) is 0 Å². The Morgan fingerprint density at radius 2 is 2.28 bits per heavy atom. The predicted molar refractivity (Wildman–Crippen MR) is 59.4 cm³/mol. The largest absolute Gasteiger partial charge is 0.465 e. The number of carbonyl (C=O) groups excluding carboxylic acids is 3. The lowest BCUT2D eigenvalue weighted by atomic mass is 10.1. The normalized spacial score (nSPS) is 14.1. The van der Waals surface area contributed by atoms with E-state index in [4.69, 9.17) is 10.5 Å². The van der Waals surface area contributed by atoms with Crippen molar-refractivity contribution in [3.05, 3.63) is 11.3 Å². The molecule has 18 heavy (non-hydrogen) atoms. The molecule has 1 aliphatic heterocycles. The second-order valence-corrected chi connectivity index (χ2v) is 3.72. The molecule has 0 saturated carbocycles. The molecule has 0 radical (unpaired) electrons. The van der Waals surface area contributed by atoms with Crippen molar-refractivity contribution < 1.29 is 19.1 Å². The van der Waals surface area contributed by atoms with Crippen molar-refractivity contribution in [1.82, 2.24) is 15.1 Å². The van der Waals surface area contributed by atoms with Gasteiger partial charge in [0.05, 0.1) is 18.7 Å². The van der Waals surface area contributed by atoms with E-state index in [9.17, 15) is 14.4 Å². The van der Waals surface area contributed by atoms with Crippen LogP contribution in [-0.4, -0.2) is 34.2 Å². The first-order chi connectivity index (χ1) is 8.52. The van der Waals surface area contributed by atoms with E-state index in [0.717, 1.165) is 0 Å². The number of anilines is 1. The highest BCUT2D eigenvalue weighted by molar-refractivity contribution is 6.11. The van der Waals surface area contributed by atoms with E-state index < -0.39 is 17.8 Å². The number of hydrogen-bond acceptors (Lipinski definition) is 6. The Balaban J connectivity index is 2.33. The van der Waals surface area contributed by atoms with Crippen LogP contribution in [0.1, 0.15) is 23.0 Å². The van der Waals surface area contributed by atoms with Crippen molar-refractivity contribution >= 4 is 23.6 Å². The van der Waals surface area contributed by atoms with Gasteiger partial charge in [0.15, 0.2) is 5.82 Å². The Bertz CT molecular complexity index is 534. The summed E-state index contributed by atoms with van der Waals surface area (Å²) >= 11 is 0. The van der Waals surface area contributed by atoms with Crippen LogP contribution in [0.4, 0.5) is 5.82 Å². The van der Waals surface area contributed by atoms with Gasteiger partial charge in [0.25, 0.3) is 5.91 Å². The maximum absolute atomic E-state index is 11.6. The summed E-state index contributed by atoms with van der Waals surface area (Å²) in [6.45, 7) is 1.76. The van der Waals surface area contributed by atoms with Crippen LogP contribution in [-0.2, 0) is 27.3 Å². The minimum atomic E-state index is -0.589. The number of amides is 2. The van der Waals surface area contributed by atoms with Crippen molar-refractivity contribution in [2.45, 2.75) is 19.9 Å². The quantitative estimate of drug-likeness (QED) is 0.517. The van der Waals surface area contributed by atoms with Gasteiger partial charge in [-0.25, -0.2) is 0 Å². The Morgan fingerprint density at radius 3 is 2.94 bits per heavy atom. The number of imide groups is 1. The number of rotatable bonds is 3. The Morgan fingerprint density at radius 1 is 1.56 bits per heavy atom. The van der Waals surface area contributed by atoms with Crippen molar-refractivity contribution in [2.75, 3.05) is 12.3 Å². The molecule has 0 bridgehead atoms. The van der Waals surface area contributed by atoms with Gasteiger partial charge in [-0.2, -0.15) is 5.10 Å². The van der Waals surface area contributed by atoms with Crippen LogP contribution < -0.4 is 11.1 Å². The number of hydrogen-bond donors (Lipinski definition) is 2. The molecule has 96 valence electrons. The molecular formula is C10H12N4O4. The number of nitrogens with one attached hydrogen (secondary N) is 1. The minimum absolute atomic E-state index is 0.000650. The molecule has 1 aromatic heterocycles. The molecule has 0 aliphatic carbocycles. The SMILES string of the molecule is CCOC(=O)Cn1nc(N)c2c1CC(=O)NC2=O. The summed E-state index contributed by atoms with van der Waals surface area (Å²) in [6.07, 6.45) is -0.0370. The second kappa shape index (κ2) is 4.47. The maximum Gasteiger partial charge on any atom is 0.327 e. The molecule has 0 saturated heterocycles. The molecule has 0 unspecified atom stereocenters. The van der Waals surface area contributed by atoms with Gasteiger partial charge < -0.3 is 10.5 Å². The average Bonchev–Trinajstić information content (AvgIpc) is 2.55. The number of nitrogens with two attached hydrogens (primary N) is 1. The van der Waals surface area contributed by atoms with Crippen LogP contribution in [0.15, 0.2) is 0 Å². The molecule has 1 aromatic rings. The smallest absolute Gasteiger partial charge is 0.327 e. The summed E-state index contributed by atoms with van der Waals surface area (Å²) in [4.78, 5) is 34.2. The van der Waals surface area contributed by atoms with Crippen LogP contribution in [0.25, 0.3) is 0 Å². The van der Waals surface area contributed by atoms with Crippen LogP contribution in [0.2, 0.25) is 0 Å². The summed E-state index contributed by atoms with van der Waals surface area (Å²) in [5.41, 5.74) is 6.09. The standard InChI is InChI=1S/C10H12N4O4/c1-2-18-7(16)4-14-5-3-6(15)12-10(17)8(5)9(11)13-14/h2-4H2,1H3,(H2,11,13)(H,12,15,17). The highest BCUT2D eigenvalue weighted by atomic mass is 16.5. The summed E-state index contributed by atoms with van der Waals surface area (Å²) in [6, 6.07) is 0. The molecule has 2 rings (SSSR count). The molecule has 8 heteroatoms. The van der Waals surface area contributed by atoms with Gasteiger partial charge in [0.2, 0.25) is 5.91 Å². The van der Waals surface area contributed by atoms with Gasteiger partial charge in [-0.3, -0.25) is 24.4 Å². The Labute approximate surface area is 102 Å². The predicted octanol–water partition coefficient (Wildman–Crippen LogP) is -1.16. The van der Waals surface area contributed by atoms with E-state index in [1.54, 1.807) is 6.92 Å². The number of ether oxygens (including phenoxy) is 1. The van der Waals surface area contributed by atoms with E-state index in [1.807, 2.05) is 0 Å². The fourth-order valence-corrected chi connectivity index (χ4v) is 1.79. The van der Waals surface area contributed by atoms with Crippen molar-refractivity contribution in [3.63, 3.8) is 0 Å². The van der Waals surface area contributed by atoms with Gasteiger partial charge in [0.1, 0.15) is 12.1 Å². The minimum Gasteiger partial charge on any atom is -0.465 e. The summed E-state index contributed by atoms with van der Waals surface area (Å²) in [5, 5.41) is 6.02. The third kappa shape index (κ3) is 2.04. The first-order valence-corrected chi connectivity index (χ1v) is 5.38. The molecule has 0 aromatic carbocycles. The van der Waals surface area contributed by atoms with Gasteiger partial charge in [-0.05, 0) is 6.92 Å². The van der Waals surface area contributed by atoms with E-state index in [2.05, 4.69) is 10.4 Å². The first-order valence-electron chi connectivity index (χ1n) is 5.38. The Kier molecular flexibility index (Phi) is 3.00. The summed E-state index contributed by atoms with van der Waals surface area (Å²) in [7, 11) is 0. The molecule has 0 spiro atoms. The third-order valence-corrected chi connectivity index (χ3v) is 2.48. The lowest BCUT2D eigenvalue weighted by Gasteiger charge is -2.13. The second-order valence-electron chi connectivity index (χ2n) is 3.72. The fourth-order valence-electron chi connectivity index (χ4n) is 1.79. The molecule has 3 N–H and O–H groups in total. The van der Waals surface area contributed by atoms with Gasteiger partial charge in [-0.1, -0.05) is 0 Å². The van der Waals surface area contributed by atoms with E-state index in [0.29, 0.717) is 5.69 Å². The van der Waals surface area contributed by atoms with Gasteiger partial charge in [0, 0.05) is 0 Å². The van der Waals surface area contributed by atoms with E-state index >= 15 is 0 Å². The summed E-state index contributed by atoms with van der Waals surface area (Å²) < 4.78 is 6.01. The van der Waals surface area contributed by atoms with Crippen LogP contribution >= 0.6 is 0 Å². The number of esters is 1. The fraction of sp³-hybridized carbons (Fsp3) is 0.400. The molecule has 1 aliphatic rings. The van der Waals surface area contributed by atoms with Crippen LogP contribution in [0, 0.1) is 0 Å². The van der Waals surface area contributed by atoms with Crippen LogP contribution in [0.3, 0.4) is 0 Å². The maximum atomic E-state index is 11.6. The van der Waals surface area contributed by atoms with E-state index in [-0.39, 0.29) is 31.0 Å². The van der Waals surface area contributed by atoms with Crippen molar-refractivity contribution in [1.29, 1.82) is 0 Å². The molecular weight excluding hydrogens is 240 g/mol. The molecule has 0 fully saturated rings. The molecule has 8 nitrogen and oxygen atoms in total. The highest BCUT2D eigenvalue weighted by Crippen LogP contribution is 2.20. The van der Waals surface area contributed by atoms with E-state index in [1.165, 1.54) is 4.68 Å². The zero-order valence-electron chi connectivity index (χ0n) is 9.73. The van der Waals surface area contributed by atoms with Crippen molar-refractivity contribution in [2.24, 2.45) is 0 Å². The topological polar surface area (TPSA) is 116 Å². The zero-order valence-corrected chi connectivity index (χ0v) is 9.73. The lowest BCUT2D eigenvalue weighted by molar-refractivity contribution is -0.144. The number of nitrogens with zero attached hydrogens (tertiary/aromatic N) is 2. The van der Waals surface area contributed by atoms with Gasteiger partial charge >= 0.3 is 5.97 Å². The molecule has 0 atom stereocenters. The first kappa shape index (κ1) is 12.1. The monoisotopic (exact) mass is 252 g/mol. The number of aromatic nitrogens is 2. The number of nitrogen functional groups attached to an aromatic ring is 1. The average molecular weight is 252 g/mol. The number of carbonyl (C=O) groups is 3. The Hall–Kier alpha value is -2.38. The van der Waals surface area contributed by atoms with Crippen LogP contribution in [0.5, 0.6) is 0 Å². The number of fused-ring (bicyclic) bond motifs is 1. The highest BCUT2D eigenvalue weighted by Gasteiger charge is 2.30. The lowest BCUT2D eigenvalue weighted by Crippen LogP contribution is -2.38. The third-order valence-electron chi connectivity index (χ3n) is 2.48. The molecule has 2 amide bonds. The zero-order chi connectivity index (χ0) is 13.3. The molecule has 2 heterocycles.